The Hall–Kier alpha value is -0.920. The standard InChI is InChI=1S/C9H12FN/c1-3-7(2)9-8(10)5-4-6-11-9/h4-7H,3H2,1-2H3/t7-/m0/s1. The first kappa shape index (κ1) is 8.18. The van der Waals surface area contributed by atoms with Crippen LogP contribution in [-0.2, 0) is 0 Å². The normalized spacial score (nSPS) is 13.0. The molecule has 1 rings (SSSR count). The fourth-order valence-electron chi connectivity index (χ4n) is 0.954. The van der Waals surface area contributed by atoms with Gasteiger partial charge in [0.25, 0.3) is 0 Å². The summed E-state index contributed by atoms with van der Waals surface area (Å²) in [5.41, 5.74) is 0.579. The van der Waals surface area contributed by atoms with E-state index >= 15 is 0 Å². The van der Waals surface area contributed by atoms with E-state index in [9.17, 15) is 4.39 Å². The molecule has 1 atom stereocenters. The zero-order chi connectivity index (χ0) is 8.27. The second-order valence-electron chi connectivity index (χ2n) is 2.68. The molecule has 1 aromatic rings. The van der Waals surface area contributed by atoms with Crippen LogP contribution in [0.25, 0.3) is 0 Å². The van der Waals surface area contributed by atoms with Gasteiger partial charge >= 0.3 is 0 Å². The van der Waals surface area contributed by atoms with E-state index in [1.165, 1.54) is 6.07 Å². The van der Waals surface area contributed by atoms with Crippen LogP contribution in [0.2, 0.25) is 0 Å². The van der Waals surface area contributed by atoms with Gasteiger partial charge in [0.05, 0.1) is 5.69 Å². The highest BCUT2D eigenvalue weighted by Crippen LogP contribution is 2.18. The van der Waals surface area contributed by atoms with Gasteiger partial charge in [-0.3, -0.25) is 4.98 Å². The van der Waals surface area contributed by atoms with Gasteiger partial charge in [0.15, 0.2) is 0 Å². The predicted molar refractivity (Wildman–Crippen MR) is 42.9 cm³/mol. The van der Waals surface area contributed by atoms with Crippen LogP contribution in [0.1, 0.15) is 31.9 Å². The Morgan fingerprint density at radius 2 is 2.36 bits per heavy atom. The van der Waals surface area contributed by atoms with Crippen LogP contribution in [-0.4, -0.2) is 4.98 Å². The number of rotatable bonds is 2. The molecule has 0 amide bonds. The van der Waals surface area contributed by atoms with Crippen molar-refractivity contribution < 1.29 is 4.39 Å². The van der Waals surface area contributed by atoms with Crippen LogP contribution in [0.4, 0.5) is 4.39 Å². The number of pyridine rings is 1. The Labute approximate surface area is 66.3 Å². The smallest absolute Gasteiger partial charge is 0.144 e. The maximum absolute atomic E-state index is 13.0. The van der Waals surface area contributed by atoms with Gasteiger partial charge in [0, 0.05) is 12.1 Å². The number of nitrogens with zero attached hydrogens (tertiary/aromatic N) is 1. The maximum atomic E-state index is 13.0. The first-order valence-corrected chi connectivity index (χ1v) is 3.86. The Morgan fingerprint density at radius 1 is 1.64 bits per heavy atom. The Bertz CT molecular complexity index is 235. The highest BCUT2D eigenvalue weighted by Gasteiger charge is 2.08. The molecule has 0 spiro atoms. The summed E-state index contributed by atoms with van der Waals surface area (Å²) in [5, 5.41) is 0. The van der Waals surface area contributed by atoms with Crippen molar-refractivity contribution in [1.82, 2.24) is 4.98 Å². The highest BCUT2D eigenvalue weighted by molar-refractivity contribution is 5.10. The lowest BCUT2D eigenvalue weighted by Gasteiger charge is -2.07. The quantitative estimate of drug-likeness (QED) is 0.636. The molecule has 1 heterocycles. The minimum Gasteiger partial charge on any atom is -0.258 e. The van der Waals surface area contributed by atoms with Crippen molar-refractivity contribution in [2.24, 2.45) is 0 Å². The van der Waals surface area contributed by atoms with Crippen LogP contribution in [0, 0.1) is 5.82 Å². The summed E-state index contributed by atoms with van der Waals surface area (Å²) in [6, 6.07) is 3.07. The van der Waals surface area contributed by atoms with Crippen LogP contribution >= 0.6 is 0 Å². The second-order valence-corrected chi connectivity index (χ2v) is 2.68. The minimum atomic E-state index is -0.193. The van der Waals surface area contributed by atoms with E-state index < -0.39 is 0 Å². The summed E-state index contributed by atoms with van der Waals surface area (Å²) in [7, 11) is 0. The number of aromatic nitrogens is 1. The molecule has 0 fully saturated rings. The van der Waals surface area contributed by atoms with Crippen molar-refractivity contribution in [2.45, 2.75) is 26.2 Å². The van der Waals surface area contributed by atoms with E-state index in [2.05, 4.69) is 4.98 Å². The van der Waals surface area contributed by atoms with Crippen molar-refractivity contribution in [1.29, 1.82) is 0 Å². The molecular weight excluding hydrogens is 141 g/mol. The summed E-state index contributed by atoms with van der Waals surface area (Å²) in [5.74, 6) is 0.0260. The average Bonchev–Trinajstić information content (AvgIpc) is 2.04. The van der Waals surface area contributed by atoms with E-state index in [-0.39, 0.29) is 11.7 Å². The van der Waals surface area contributed by atoms with Gasteiger partial charge in [-0.1, -0.05) is 13.8 Å². The topological polar surface area (TPSA) is 12.9 Å². The number of hydrogen-bond acceptors (Lipinski definition) is 1. The predicted octanol–water partition coefficient (Wildman–Crippen LogP) is 2.73. The third kappa shape index (κ3) is 1.76. The van der Waals surface area contributed by atoms with Crippen LogP contribution in [0.5, 0.6) is 0 Å². The summed E-state index contributed by atoms with van der Waals surface area (Å²) >= 11 is 0. The Kier molecular flexibility index (Phi) is 2.58. The molecule has 1 aromatic heterocycles. The van der Waals surface area contributed by atoms with Gasteiger partial charge in [0.2, 0.25) is 0 Å². The van der Waals surface area contributed by atoms with Gasteiger partial charge < -0.3 is 0 Å². The van der Waals surface area contributed by atoms with Crippen LogP contribution in [0.3, 0.4) is 0 Å². The van der Waals surface area contributed by atoms with Crippen molar-refractivity contribution in [3.05, 3.63) is 29.8 Å². The van der Waals surface area contributed by atoms with Gasteiger partial charge in [0.1, 0.15) is 5.82 Å². The van der Waals surface area contributed by atoms with Crippen molar-refractivity contribution >= 4 is 0 Å². The molecule has 11 heavy (non-hydrogen) atoms. The third-order valence-electron chi connectivity index (χ3n) is 1.87. The first-order chi connectivity index (χ1) is 5.25. The number of halogens is 1. The zero-order valence-electron chi connectivity index (χ0n) is 6.84. The Balaban J connectivity index is 2.93. The van der Waals surface area contributed by atoms with Crippen molar-refractivity contribution in [2.75, 3.05) is 0 Å². The van der Waals surface area contributed by atoms with Crippen LogP contribution < -0.4 is 0 Å². The maximum Gasteiger partial charge on any atom is 0.144 e. The van der Waals surface area contributed by atoms with Crippen molar-refractivity contribution in [3.63, 3.8) is 0 Å². The second kappa shape index (κ2) is 3.46. The summed E-state index contributed by atoms with van der Waals surface area (Å²) < 4.78 is 13.0. The largest absolute Gasteiger partial charge is 0.258 e. The van der Waals surface area contributed by atoms with E-state index in [1.807, 2.05) is 13.8 Å². The minimum absolute atomic E-state index is 0.193. The highest BCUT2D eigenvalue weighted by atomic mass is 19.1. The molecular formula is C9H12FN. The van der Waals surface area contributed by atoms with E-state index in [0.29, 0.717) is 5.69 Å². The van der Waals surface area contributed by atoms with Gasteiger partial charge in [-0.05, 0) is 18.6 Å². The van der Waals surface area contributed by atoms with E-state index in [4.69, 9.17) is 0 Å². The molecule has 0 aromatic carbocycles. The fraction of sp³-hybridized carbons (Fsp3) is 0.444. The SMILES string of the molecule is CC[C@H](C)c1ncccc1F. The van der Waals surface area contributed by atoms with Gasteiger partial charge in [-0.25, -0.2) is 4.39 Å². The van der Waals surface area contributed by atoms with E-state index in [1.54, 1.807) is 12.3 Å². The average molecular weight is 153 g/mol. The first-order valence-electron chi connectivity index (χ1n) is 3.86. The molecule has 0 N–H and O–H groups in total. The van der Waals surface area contributed by atoms with Gasteiger partial charge in [-0.15, -0.1) is 0 Å². The lowest BCUT2D eigenvalue weighted by atomic mass is 10.0. The third-order valence-corrected chi connectivity index (χ3v) is 1.87. The summed E-state index contributed by atoms with van der Waals surface area (Å²) in [6.07, 6.45) is 2.55. The summed E-state index contributed by atoms with van der Waals surface area (Å²) in [4.78, 5) is 3.97. The molecule has 0 aliphatic rings. The molecule has 0 saturated heterocycles. The van der Waals surface area contributed by atoms with Crippen molar-refractivity contribution in [3.8, 4) is 0 Å². The molecule has 0 radical (unpaired) electrons. The lowest BCUT2D eigenvalue weighted by Crippen LogP contribution is -1.98. The van der Waals surface area contributed by atoms with Crippen LogP contribution in [0.15, 0.2) is 18.3 Å². The Morgan fingerprint density at radius 3 is 2.91 bits per heavy atom. The molecule has 60 valence electrons. The molecule has 0 bridgehead atoms. The molecule has 1 nitrogen and oxygen atoms in total. The molecule has 0 unspecified atom stereocenters. The molecule has 0 aliphatic heterocycles. The summed E-state index contributed by atoms with van der Waals surface area (Å²) in [6.45, 7) is 4.00. The molecule has 0 aliphatic carbocycles. The monoisotopic (exact) mass is 153 g/mol. The fourth-order valence-corrected chi connectivity index (χ4v) is 0.954. The molecule has 2 heteroatoms. The van der Waals surface area contributed by atoms with E-state index in [0.717, 1.165) is 6.42 Å². The zero-order valence-corrected chi connectivity index (χ0v) is 6.84. The number of hydrogen-bond donors (Lipinski definition) is 0. The molecule has 0 saturated carbocycles. The lowest BCUT2D eigenvalue weighted by molar-refractivity contribution is 0.568. The van der Waals surface area contributed by atoms with Gasteiger partial charge in [-0.2, -0.15) is 0 Å².